The molecule has 3 nitrogen and oxygen atoms in total. The molecule has 3 heterocycles. The van der Waals surface area contributed by atoms with Gasteiger partial charge >= 0.3 is 0 Å². The molecule has 3 saturated heterocycles. The Morgan fingerprint density at radius 3 is 1.94 bits per heavy atom. The molecule has 3 rings (SSSR count). The van der Waals surface area contributed by atoms with Crippen LogP contribution in [0, 0.1) is 10.8 Å². The molecule has 3 aliphatic heterocycles. The highest BCUT2D eigenvalue weighted by atomic mass is 79.9. The first-order chi connectivity index (χ1) is 7.93. The third-order valence-electron chi connectivity index (χ3n) is 4.16. The van der Waals surface area contributed by atoms with Crippen LogP contribution in [0.15, 0.2) is 0 Å². The van der Waals surface area contributed by atoms with E-state index in [4.69, 9.17) is 14.2 Å². The van der Waals surface area contributed by atoms with Gasteiger partial charge in [-0.1, -0.05) is 36.7 Å². The Balaban J connectivity index is 1.95. The normalized spacial score (nSPS) is 37.4. The number of hydrogen-bond acceptors (Lipinski definition) is 3. The zero-order valence-corrected chi connectivity index (χ0v) is 12.6. The zero-order chi connectivity index (χ0) is 12.6. The molecule has 0 saturated carbocycles. The van der Waals surface area contributed by atoms with Gasteiger partial charge in [-0.2, -0.15) is 0 Å². The van der Waals surface area contributed by atoms with Crippen LogP contribution >= 0.6 is 15.9 Å². The monoisotopic (exact) mass is 306 g/mol. The van der Waals surface area contributed by atoms with E-state index in [2.05, 4.69) is 36.7 Å². The van der Waals surface area contributed by atoms with Crippen LogP contribution in [0.3, 0.4) is 0 Å². The first kappa shape index (κ1) is 13.8. The number of halogens is 1. The van der Waals surface area contributed by atoms with Gasteiger partial charge in [0.2, 0.25) is 0 Å². The molecule has 0 aromatic rings. The first-order valence-electron chi connectivity index (χ1n) is 6.41. The average Bonchev–Trinajstić information content (AvgIpc) is 2.30. The lowest BCUT2D eigenvalue weighted by molar-refractivity contribution is -0.480. The average molecular weight is 307 g/mol. The second-order valence-electron chi connectivity index (χ2n) is 6.23. The molecule has 0 aromatic heterocycles. The molecule has 0 aliphatic carbocycles. The largest absolute Gasteiger partial charge is 0.327 e. The fraction of sp³-hybridized carbons (Fsp3) is 1.00. The lowest BCUT2D eigenvalue weighted by Gasteiger charge is -2.57. The molecule has 4 heteroatoms. The van der Waals surface area contributed by atoms with Crippen molar-refractivity contribution in [3.05, 3.63) is 0 Å². The maximum Gasteiger partial charge on any atom is 0.282 e. The summed E-state index contributed by atoms with van der Waals surface area (Å²) in [6, 6.07) is 0. The third kappa shape index (κ3) is 2.55. The van der Waals surface area contributed by atoms with Crippen molar-refractivity contribution in [3.8, 4) is 0 Å². The Morgan fingerprint density at radius 1 is 1.00 bits per heavy atom. The standard InChI is InChI=1S/C13H23BrO3/c1-11(2,3)12-8-15-13(16-9-12,17-10-12)6-4-5-7-14/h4-10H2,1-3H3. The van der Waals surface area contributed by atoms with E-state index in [9.17, 15) is 0 Å². The van der Waals surface area contributed by atoms with E-state index in [0.717, 1.165) is 44.4 Å². The lowest BCUT2D eigenvalue weighted by atomic mass is 9.67. The molecule has 2 bridgehead atoms. The SMILES string of the molecule is CC(C)(C)C12COC(CCCCBr)(OC1)OC2. The van der Waals surface area contributed by atoms with Gasteiger partial charge in [0, 0.05) is 17.2 Å². The van der Waals surface area contributed by atoms with Crippen LogP contribution in [0.5, 0.6) is 0 Å². The third-order valence-corrected chi connectivity index (χ3v) is 4.72. The summed E-state index contributed by atoms with van der Waals surface area (Å²) in [5.74, 6) is -0.741. The molecule has 17 heavy (non-hydrogen) atoms. The quantitative estimate of drug-likeness (QED) is 0.589. The molecule has 0 radical (unpaired) electrons. The molecular formula is C13H23BrO3. The predicted molar refractivity (Wildman–Crippen MR) is 70.1 cm³/mol. The summed E-state index contributed by atoms with van der Waals surface area (Å²) in [4.78, 5) is 0. The smallest absolute Gasteiger partial charge is 0.282 e. The fourth-order valence-electron chi connectivity index (χ4n) is 2.30. The van der Waals surface area contributed by atoms with Crippen molar-refractivity contribution in [3.63, 3.8) is 0 Å². The molecular weight excluding hydrogens is 284 g/mol. The highest BCUT2D eigenvalue weighted by molar-refractivity contribution is 9.09. The Hall–Kier alpha value is 0.360. The van der Waals surface area contributed by atoms with Crippen LogP contribution in [0.2, 0.25) is 0 Å². The zero-order valence-electron chi connectivity index (χ0n) is 11.1. The van der Waals surface area contributed by atoms with E-state index in [1.807, 2.05) is 0 Å². The van der Waals surface area contributed by atoms with Crippen molar-refractivity contribution in [2.45, 2.75) is 46.0 Å². The Kier molecular flexibility index (Phi) is 3.89. The van der Waals surface area contributed by atoms with Gasteiger partial charge < -0.3 is 14.2 Å². The van der Waals surface area contributed by atoms with E-state index in [1.54, 1.807) is 0 Å². The minimum atomic E-state index is -0.741. The summed E-state index contributed by atoms with van der Waals surface area (Å²) in [7, 11) is 0. The van der Waals surface area contributed by atoms with Crippen LogP contribution in [0.25, 0.3) is 0 Å². The molecule has 0 amide bonds. The predicted octanol–water partition coefficient (Wildman–Crippen LogP) is 3.31. The van der Waals surface area contributed by atoms with Gasteiger partial charge in [0.15, 0.2) is 0 Å². The van der Waals surface area contributed by atoms with Crippen molar-refractivity contribution in [2.24, 2.45) is 10.8 Å². The highest BCUT2D eigenvalue weighted by Crippen LogP contribution is 2.49. The maximum absolute atomic E-state index is 5.88. The van der Waals surface area contributed by atoms with Crippen molar-refractivity contribution >= 4 is 15.9 Å². The van der Waals surface area contributed by atoms with Crippen molar-refractivity contribution < 1.29 is 14.2 Å². The van der Waals surface area contributed by atoms with E-state index >= 15 is 0 Å². The van der Waals surface area contributed by atoms with Crippen LogP contribution in [-0.2, 0) is 14.2 Å². The van der Waals surface area contributed by atoms with Gasteiger partial charge in [-0.05, 0) is 18.3 Å². The van der Waals surface area contributed by atoms with Crippen LogP contribution in [-0.4, -0.2) is 31.1 Å². The molecule has 0 N–H and O–H groups in total. The van der Waals surface area contributed by atoms with Crippen molar-refractivity contribution in [1.82, 2.24) is 0 Å². The summed E-state index contributed by atoms with van der Waals surface area (Å²) >= 11 is 3.44. The van der Waals surface area contributed by atoms with E-state index in [1.165, 1.54) is 0 Å². The van der Waals surface area contributed by atoms with Crippen molar-refractivity contribution in [2.75, 3.05) is 25.2 Å². The van der Waals surface area contributed by atoms with Crippen LogP contribution in [0.1, 0.15) is 40.0 Å². The minimum Gasteiger partial charge on any atom is -0.327 e. The molecule has 100 valence electrons. The Labute approximate surface area is 112 Å². The van der Waals surface area contributed by atoms with Gasteiger partial charge in [0.1, 0.15) is 0 Å². The van der Waals surface area contributed by atoms with Gasteiger partial charge in [-0.3, -0.25) is 0 Å². The molecule has 0 atom stereocenters. The number of alkyl halides is 1. The first-order valence-corrected chi connectivity index (χ1v) is 7.53. The summed E-state index contributed by atoms with van der Waals surface area (Å²) in [6.45, 7) is 8.95. The van der Waals surface area contributed by atoms with Gasteiger partial charge in [-0.25, -0.2) is 0 Å². The summed E-state index contributed by atoms with van der Waals surface area (Å²) in [5.41, 5.74) is 0.166. The van der Waals surface area contributed by atoms with Crippen molar-refractivity contribution in [1.29, 1.82) is 0 Å². The fourth-order valence-corrected chi connectivity index (χ4v) is 2.69. The molecule has 0 aromatic carbocycles. The molecule has 0 unspecified atom stereocenters. The van der Waals surface area contributed by atoms with E-state index in [-0.39, 0.29) is 10.8 Å². The van der Waals surface area contributed by atoms with Crippen LogP contribution < -0.4 is 0 Å². The van der Waals surface area contributed by atoms with Gasteiger partial charge in [0.05, 0.1) is 19.8 Å². The second-order valence-corrected chi connectivity index (χ2v) is 7.02. The number of fused-ring (bicyclic) bond motifs is 3. The van der Waals surface area contributed by atoms with E-state index in [0.29, 0.717) is 0 Å². The van der Waals surface area contributed by atoms with Gasteiger partial charge in [0.25, 0.3) is 5.97 Å². The number of ether oxygens (including phenoxy) is 3. The topological polar surface area (TPSA) is 27.7 Å². The van der Waals surface area contributed by atoms with Gasteiger partial charge in [-0.15, -0.1) is 0 Å². The summed E-state index contributed by atoms with van der Waals surface area (Å²) < 4.78 is 17.6. The number of unbranched alkanes of at least 4 members (excludes halogenated alkanes) is 1. The maximum atomic E-state index is 5.88. The highest BCUT2D eigenvalue weighted by Gasteiger charge is 2.56. The Bertz CT molecular complexity index is 248. The number of hydrogen-bond donors (Lipinski definition) is 0. The number of rotatable bonds is 4. The second kappa shape index (κ2) is 4.80. The van der Waals surface area contributed by atoms with Crippen LogP contribution in [0.4, 0.5) is 0 Å². The molecule has 3 aliphatic rings. The summed E-state index contributed by atoms with van der Waals surface area (Å²) in [6.07, 6.45) is 3.02. The lowest BCUT2D eigenvalue weighted by Crippen LogP contribution is -2.64. The Morgan fingerprint density at radius 2 is 1.53 bits per heavy atom. The van der Waals surface area contributed by atoms with E-state index < -0.39 is 5.97 Å². The summed E-state index contributed by atoms with van der Waals surface area (Å²) in [5, 5.41) is 1.02. The minimum absolute atomic E-state index is 0.0180. The molecule has 0 spiro atoms. The molecule has 3 fully saturated rings.